The van der Waals surface area contributed by atoms with Crippen LogP contribution in [0, 0.1) is 0 Å². The molecule has 0 aromatic rings. The average Bonchev–Trinajstić information content (AvgIpc) is 3.36. The molecule has 0 aliphatic carbocycles. The number of amides is 3. The van der Waals surface area contributed by atoms with Crippen molar-refractivity contribution in [3.05, 3.63) is 0 Å². The van der Waals surface area contributed by atoms with Gasteiger partial charge in [-0.1, -0.05) is 103 Å². The smallest absolute Gasteiger partial charge is 0.315 e. The van der Waals surface area contributed by atoms with Crippen LogP contribution in [0.15, 0.2) is 0 Å². The van der Waals surface area contributed by atoms with Crippen LogP contribution in [-0.4, -0.2) is 41.1 Å². The Hall–Kier alpha value is -0.910. The highest BCUT2D eigenvalue weighted by Gasteiger charge is 2.42. The zero-order valence-corrected chi connectivity index (χ0v) is 23.0. The van der Waals surface area contributed by atoms with Crippen LogP contribution in [0.1, 0.15) is 136 Å². The molecule has 3 N–H and O–H groups in total. The molecule has 2 heterocycles. The molecule has 1 unspecified atom stereocenters. The number of thioether (sulfide) groups is 1. The highest BCUT2D eigenvalue weighted by Crippen LogP contribution is 2.33. The fourth-order valence-corrected chi connectivity index (χ4v) is 6.88. The van der Waals surface area contributed by atoms with Crippen molar-refractivity contribution in [3.63, 3.8) is 0 Å². The van der Waals surface area contributed by atoms with Gasteiger partial charge in [-0.2, -0.15) is 11.8 Å². The van der Waals surface area contributed by atoms with E-state index in [2.05, 4.69) is 29.8 Å². The summed E-state index contributed by atoms with van der Waals surface area (Å²) in [6.07, 6.45) is 24.2. The Bertz CT molecular complexity index is 560. The Morgan fingerprint density at radius 3 is 2.09 bits per heavy atom. The Morgan fingerprint density at radius 2 is 1.47 bits per heavy atom. The predicted octanol–water partition coefficient (Wildman–Crippen LogP) is 7.09. The highest BCUT2D eigenvalue weighted by atomic mass is 32.2. The summed E-state index contributed by atoms with van der Waals surface area (Å²) in [6.45, 7) is 4.43. The lowest BCUT2D eigenvalue weighted by molar-refractivity contribution is -0.121. The van der Waals surface area contributed by atoms with Gasteiger partial charge in [0, 0.05) is 23.5 Å². The first-order chi connectivity index (χ1) is 16.6. The van der Waals surface area contributed by atoms with Gasteiger partial charge in [-0.15, -0.1) is 0 Å². The van der Waals surface area contributed by atoms with Gasteiger partial charge in [0.1, 0.15) is 0 Å². The van der Waals surface area contributed by atoms with Crippen LogP contribution in [0.2, 0.25) is 0 Å². The summed E-state index contributed by atoms with van der Waals surface area (Å²) in [6, 6.07) is 0.834. The van der Waals surface area contributed by atoms with Gasteiger partial charge in [-0.25, -0.2) is 4.79 Å². The molecule has 0 spiro atoms. The van der Waals surface area contributed by atoms with Crippen LogP contribution in [0.5, 0.6) is 0 Å². The van der Waals surface area contributed by atoms with Crippen molar-refractivity contribution in [2.75, 3.05) is 5.75 Å². The minimum absolute atomic E-state index is 0.0209. The van der Waals surface area contributed by atoms with Crippen molar-refractivity contribution in [1.82, 2.24) is 16.0 Å². The number of carbonyl (C=O) groups is 2. The second kappa shape index (κ2) is 18.4. The molecule has 0 aromatic carbocycles. The van der Waals surface area contributed by atoms with E-state index in [-0.39, 0.29) is 24.0 Å². The maximum atomic E-state index is 12.2. The lowest BCUT2D eigenvalue weighted by Crippen LogP contribution is -2.36. The first-order valence-corrected chi connectivity index (χ1v) is 15.6. The van der Waals surface area contributed by atoms with Crippen molar-refractivity contribution >= 4 is 23.7 Å². The third-order valence-corrected chi connectivity index (χ3v) is 8.99. The zero-order valence-electron chi connectivity index (χ0n) is 22.2. The first kappa shape index (κ1) is 29.3. The van der Waals surface area contributed by atoms with Gasteiger partial charge in [0.05, 0.1) is 12.1 Å². The van der Waals surface area contributed by atoms with E-state index < -0.39 is 0 Å². The monoisotopic (exact) mass is 495 g/mol. The number of nitrogens with one attached hydrogen (secondary N) is 3. The predicted molar refractivity (Wildman–Crippen MR) is 146 cm³/mol. The van der Waals surface area contributed by atoms with Gasteiger partial charge in [-0.3, -0.25) is 4.79 Å². The summed E-state index contributed by atoms with van der Waals surface area (Å²) in [5.41, 5.74) is 0. The molecule has 4 atom stereocenters. The number of rotatable bonds is 21. The first-order valence-electron chi connectivity index (χ1n) is 14.6. The third kappa shape index (κ3) is 12.7. The van der Waals surface area contributed by atoms with E-state index in [1.165, 1.54) is 89.9 Å². The molecule has 0 aromatic heterocycles. The molecule has 0 bridgehead atoms. The van der Waals surface area contributed by atoms with E-state index in [4.69, 9.17) is 0 Å². The van der Waals surface area contributed by atoms with Crippen LogP contribution in [-0.2, 0) is 4.79 Å². The van der Waals surface area contributed by atoms with Gasteiger partial charge in [-0.05, 0) is 26.2 Å². The molecule has 5 nitrogen and oxygen atoms in total. The Labute approximate surface area is 214 Å². The molecule has 0 saturated carbocycles. The van der Waals surface area contributed by atoms with E-state index in [0.29, 0.717) is 17.7 Å². The minimum atomic E-state index is -0.0209. The molecule has 2 saturated heterocycles. The van der Waals surface area contributed by atoms with E-state index in [0.717, 1.165) is 31.4 Å². The highest BCUT2D eigenvalue weighted by molar-refractivity contribution is 8.00. The van der Waals surface area contributed by atoms with Gasteiger partial charge in [0.2, 0.25) is 5.91 Å². The lowest BCUT2D eigenvalue weighted by Gasteiger charge is -2.17. The Morgan fingerprint density at radius 1 is 0.882 bits per heavy atom. The number of unbranched alkanes of at least 4 members (excludes halogenated alkanes) is 14. The summed E-state index contributed by atoms with van der Waals surface area (Å²) >= 11 is 1.95. The van der Waals surface area contributed by atoms with Crippen molar-refractivity contribution in [2.24, 2.45) is 0 Å². The van der Waals surface area contributed by atoms with Gasteiger partial charge < -0.3 is 16.0 Å². The number of hydrogen-bond donors (Lipinski definition) is 3. The van der Waals surface area contributed by atoms with E-state index in [1.807, 2.05) is 11.8 Å². The number of carbonyl (C=O) groups excluding carboxylic acids is 2. The fraction of sp³-hybridized carbons (Fsp3) is 0.929. The Kier molecular flexibility index (Phi) is 15.8. The van der Waals surface area contributed by atoms with E-state index >= 15 is 0 Å². The van der Waals surface area contributed by atoms with Crippen LogP contribution in [0.25, 0.3) is 0 Å². The van der Waals surface area contributed by atoms with Gasteiger partial charge >= 0.3 is 6.03 Å². The summed E-state index contributed by atoms with van der Waals surface area (Å²) in [5, 5.41) is 9.71. The molecular formula is C28H53N3O2S. The molecule has 2 rings (SSSR count). The normalized spacial score (nSPS) is 22.3. The molecule has 198 valence electrons. The van der Waals surface area contributed by atoms with Crippen molar-refractivity contribution in [1.29, 1.82) is 0 Å². The van der Waals surface area contributed by atoms with Gasteiger partial charge in [0.15, 0.2) is 0 Å². The van der Waals surface area contributed by atoms with Crippen LogP contribution < -0.4 is 16.0 Å². The molecule has 34 heavy (non-hydrogen) atoms. The summed E-state index contributed by atoms with van der Waals surface area (Å²) < 4.78 is 0. The van der Waals surface area contributed by atoms with Crippen molar-refractivity contribution in [3.8, 4) is 0 Å². The molecule has 2 aliphatic heterocycles. The lowest BCUT2D eigenvalue weighted by atomic mass is 10.0. The molecule has 6 heteroatoms. The number of hydrogen-bond acceptors (Lipinski definition) is 3. The maximum Gasteiger partial charge on any atom is 0.315 e. The fourth-order valence-electron chi connectivity index (χ4n) is 5.34. The molecule has 2 fully saturated rings. The Balaban J connectivity index is 1.32. The van der Waals surface area contributed by atoms with Crippen LogP contribution in [0.3, 0.4) is 0 Å². The molecule has 0 radical (unpaired) electrons. The summed E-state index contributed by atoms with van der Waals surface area (Å²) in [4.78, 5) is 23.7. The zero-order chi connectivity index (χ0) is 24.4. The second-order valence-electron chi connectivity index (χ2n) is 10.7. The SMILES string of the molecule is CCCCCCCCCCCCCCCCC(C)NC(=O)CCCC[C@@H]1SC[C@@H]2NC(=O)N[C@@H]21. The summed E-state index contributed by atoms with van der Waals surface area (Å²) in [5.74, 6) is 1.20. The second-order valence-corrected chi connectivity index (χ2v) is 12.0. The largest absolute Gasteiger partial charge is 0.354 e. The quantitative estimate of drug-likeness (QED) is 0.118. The van der Waals surface area contributed by atoms with Crippen molar-refractivity contribution < 1.29 is 9.59 Å². The molecular weight excluding hydrogens is 442 g/mol. The third-order valence-electron chi connectivity index (χ3n) is 7.48. The molecule has 2 aliphatic rings. The van der Waals surface area contributed by atoms with E-state index in [1.54, 1.807) is 0 Å². The van der Waals surface area contributed by atoms with E-state index in [9.17, 15) is 9.59 Å². The topological polar surface area (TPSA) is 70.2 Å². The van der Waals surface area contributed by atoms with Gasteiger partial charge in [0.25, 0.3) is 0 Å². The average molecular weight is 496 g/mol. The minimum Gasteiger partial charge on any atom is -0.354 e. The molecule has 3 amide bonds. The summed E-state index contributed by atoms with van der Waals surface area (Å²) in [7, 11) is 0. The van der Waals surface area contributed by atoms with Crippen molar-refractivity contribution in [2.45, 2.75) is 159 Å². The standard InChI is InChI=1S/C28H53N3O2S/c1-3-4-5-6-7-8-9-10-11-12-13-14-15-16-19-23(2)29-26(32)21-18-17-20-25-27-24(22-34-25)30-28(33)31-27/h23-25,27H,3-22H2,1-2H3,(H,29,32)(H2,30,31,33)/t23?,24-,25-,27-/m0/s1. The van der Waals surface area contributed by atoms with Crippen LogP contribution in [0.4, 0.5) is 4.79 Å². The van der Waals surface area contributed by atoms with Crippen LogP contribution >= 0.6 is 11.8 Å². The number of fused-ring (bicyclic) bond motifs is 1. The number of urea groups is 1. The maximum absolute atomic E-state index is 12.2.